The molecule has 0 heterocycles. The molecule has 1 atom stereocenters. The van der Waals surface area contributed by atoms with Crippen molar-refractivity contribution in [1.82, 2.24) is 0 Å². The second-order valence-electron chi connectivity index (χ2n) is 4.73. The molecule has 1 saturated carbocycles. The Bertz CT molecular complexity index is 157. The van der Waals surface area contributed by atoms with E-state index in [1.165, 1.54) is 38.5 Å². The fourth-order valence-corrected chi connectivity index (χ4v) is 2.13. The van der Waals surface area contributed by atoms with Crippen LogP contribution in [0.3, 0.4) is 0 Å². The predicted molar refractivity (Wildman–Crippen MR) is 60.6 cm³/mol. The van der Waals surface area contributed by atoms with Crippen LogP contribution >= 0.6 is 0 Å². The highest BCUT2D eigenvalue weighted by atomic mass is 15.0. The Labute approximate surface area is 87.4 Å². The molecule has 0 amide bonds. The molecule has 1 rings (SSSR count). The van der Waals surface area contributed by atoms with E-state index in [0.29, 0.717) is 0 Å². The lowest BCUT2D eigenvalue weighted by atomic mass is 9.93. The lowest BCUT2D eigenvalue weighted by Gasteiger charge is -2.31. The summed E-state index contributed by atoms with van der Waals surface area (Å²) in [5.74, 6) is 0. The lowest BCUT2D eigenvalue weighted by Crippen LogP contribution is -2.62. The summed E-state index contributed by atoms with van der Waals surface area (Å²) in [6.07, 6.45) is 10.7. The molecule has 0 spiro atoms. The van der Waals surface area contributed by atoms with Crippen LogP contribution in [-0.2, 0) is 0 Å². The van der Waals surface area contributed by atoms with Crippen molar-refractivity contribution in [2.75, 3.05) is 0 Å². The summed E-state index contributed by atoms with van der Waals surface area (Å²) in [5, 5.41) is 0. The molecular formula is C11H25N3. The summed E-state index contributed by atoms with van der Waals surface area (Å²) >= 11 is 0. The smallest absolute Gasteiger partial charge is 0.0792 e. The molecule has 3 heteroatoms. The zero-order chi connectivity index (χ0) is 10.4. The fourth-order valence-electron chi connectivity index (χ4n) is 2.13. The minimum absolute atomic E-state index is 0.0272. The first-order chi connectivity index (χ1) is 6.63. The van der Waals surface area contributed by atoms with E-state index in [2.05, 4.69) is 0 Å². The Balaban J connectivity index is 2.42. The molecule has 0 aromatic heterocycles. The molecule has 0 saturated heterocycles. The molecule has 14 heavy (non-hydrogen) atoms. The number of nitrogens with two attached hydrogens (primary N) is 3. The van der Waals surface area contributed by atoms with Crippen LogP contribution < -0.4 is 17.2 Å². The van der Waals surface area contributed by atoms with Gasteiger partial charge in [0, 0.05) is 6.04 Å². The van der Waals surface area contributed by atoms with Gasteiger partial charge in [0.1, 0.15) is 0 Å². The Kier molecular flexibility index (Phi) is 4.85. The highest BCUT2D eigenvalue weighted by molar-refractivity contribution is 4.88. The molecule has 0 aliphatic heterocycles. The summed E-state index contributed by atoms with van der Waals surface area (Å²) in [4.78, 5) is 0. The van der Waals surface area contributed by atoms with Crippen molar-refractivity contribution in [2.24, 2.45) is 17.2 Å². The van der Waals surface area contributed by atoms with Crippen molar-refractivity contribution in [3.63, 3.8) is 0 Å². The van der Waals surface area contributed by atoms with E-state index >= 15 is 0 Å². The lowest BCUT2D eigenvalue weighted by molar-refractivity contribution is 0.304. The largest absolute Gasteiger partial charge is 0.325 e. The van der Waals surface area contributed by atoms with Gasteiger partial charge < -0.3 is 17.2 Å². The van der Waals surface area contributed by atoms with Crippen LogP contribution in [0.1, 0.15) is 57.8 Å². The number of hydrogen-bond donors (Lipinski definition) is 3. The van der Waals surface area contributed by atoms with Gasteiger partial charge in [0.05, 0.1) is 5.66 Å². The molecule has 0 aromatic carbocycles. The quantitative estimate of drug-likeness (QED) is 0.517. The van der Waals surface area contributed by atoms with Gasteiger partial charge in [-0.15, -0.1) is 0 Å². The molecule has 6 N–H and O–H groups in total. The van der Waals surface area contributed by atoms with E-state index in [-0.39, 0.29) is 6.04 Å². The predicted octanol–water partition coefficient (Wildman–Crippen LogP) is 1.45. The van der Waals surface area contributed by atoms with Gasteiger partial charge in [-0.25, -0.2) is 0 Å². The van der Waals surface area contributed by atoms with Gasteiger partial charge in [-0.1, -0.05) is 44.9 Å². The molecule has 1 fully saturated rings. The Morgan fingerprint density at radius 2 is 1.29 bits per heavy atom. The third-order valence-electron chi connectivity index (χ3n) is 3.32. The average molecular weight is 199 g/mol. The van der Waals surface area contributed by atoms with Crippen LogP contribution in [0.2, 0.25) is 0 Å². The Morgan fingerprint density at radius 3 is 1.93 bits per heavy atom. The second kappa shape index (κ2) is 5.69. The van der Waals surface area contributed by atoms with Gasteiger partial charge in [-0.3, -0.25) is 0 Å². The van der Waals surface area contributed by atoms with E-state index in [4.69, 9.17) is 17.2 Å². The second-order valence-corrected chi connectivity index (χ2v) is 4.73. The summed E-state index contributed by atoms with van der Waals surface area (Å²) in [5.41, 5.74) is 17.4. The Hall–Kier alpha value is -0.120. The normalized spacial score (nSPS) is 30.6. The maximum Gasteiger partial charge on any atom is 0.0792 e. The highest BCUT2D eigenvalue weighted by Gasteiger charge is 2.26. The zero-order valence-electron chi connectivity index (χ0n) is 9.17. The summed E-state index contributed by atoms with van der Waals surface area (Å²) < 4.78 is 0. The molecule has 0 aromatic rings. The van der Waals surface area contributed by atoms with E-state index < -0.39 is 5.66 Å². The number of hydrogen-bond acceptors (Lipinski definition) is 3. The molecule has 0 bridgehead atoms. The monoisotopic (exact) mass is 199 g/mol. The minimum atomic E-state index is -0.635. The fraction of sp³-hybridized carbons (Fsp3) is 1.00. The average Bonchev–Trinajstić information content (AvgIpc) is 2.16. The van der Waals surface area contributed by atoms with Crippen molar-refractivity contribution < 1.29 is 0 Å². The van der Waals surface area contributed by atoms with E-state index in [1.807, 2.05) is 0 Å². The van der Waals surface area contributed by atoms with Crippen LogP contribution in [0.5, 0.6) is 0 Å². The first kappa shape index (κ1) is 12.0. The van der Waals surface area contributed by atoms with Crippen LogP contribution in [-0.4, -0.2) is 11.7 Å². The van der Waals surface area contributed by atoms with Gasteiger partial charge in [0.25, 0.3) is 0 Å². The Morgan fingerprint density at radius 1 is 0.786 bits per heavy atom. The molecule has 1 aliphatic rings. The van der Waals surface area contributed by atoms with E-state index in [1.54, 1.807) is 0 Å². The van der Waals surface area contributed by atoms with Crippen molar-refractivity contribution >= 4 is 0 Å². The minimum Gasteiger partial charge on any atom is -0.325 e. The van der Waals surface area contributed by atoms with Gasteiger partial charge in [-0.05, 0) is 12.8 Å². The van der Waals surface area contributed by atoms with Crippen LogP contribution in [0.4, 0.5) is 0 Å². The van der Waals surface area contributed by atoms with Gasteiger partial charge >= 0.3 is 0 Å². The van der Waals surface area contributed by atoms with E-state index in [0.717, 1.165) is 19.3 Å². The SMILES string of the molecule is NC1CCCCCCCCCC1(N)N. The number of rotatable bonds is 0. The van der Waals surface area contributed by atoms with Crippen molar-refractivity contribution in [1.29, 1.82) is 0 Å². The standard InChI is InChI=1S/C11H25N3/c12-10-8-6-4-2-1-3-5-7-9-11(10,13)14/h10H,1-9,12-14H2. The van der Waals surface area contributed by atoms with Crippen LogP contribution in [0, 0.1) is 0 Å². The first-order valence-corrected chi connectivity index (χ1v) is 5.96. The van der Waals surface area contributed by atoms with Gasteiger partial charge in [0.2, 0.25) is 0 Å². The third kappa shape index (κ3) is 3.95. The summed E-state index contributed by atoms with van der Waals surface area (Å²) in [6.45, 7) is 0. The van der Waals surface area contributed by atoms with Crippen molar-refractivity contribution in [3.05, 3.63) is 0 Å². The van der Waals surface area contributed by atoms with Crippen molar-refractivity contribution in [3.8, 4) is 0 Å². The maximum absolute atomic E-state index is 6.02. The topological polar surface area (TPSA) is 78.1 Å². The molecule has 1 unspecified atom stereocenters. The highest BCUT2D eigenvalue weighted by Crippen LogP contribution is 2.18. The van der Waals surface area contributed by atoms with Crippen LogP contribution in [0.15, 0.2) is 0 Å². The third-order valence-corrected chi connectivity index (χ3v) is 3.32. The van der Waals surface area contributed by atoms with E-state index in [9.17, 15) is 0 Å². The summed E-state index contributed by atoms with van der Waals surface area (Å²) in [7, 11) is 0. The first-order valence-electron chi connectivity index (χ1n) is 5.96. The summed E-state index contributed by atoms with van der Waals surface area (Å²) in [6, 6.07) is -0.0272. The van der Waals surface area contributed by atoms with Crippen molar-refractivity contribution in [2.45, 2.75) is 69.5 Å². The van der Waals surface area contributed by atoms with Crippen LogP contribution in [0.25, 0.3) is 0 Å². The molecule has 1 aliphatic carbocycles. The molecular weight excluding hydrogens is 174 g/mol. The molecule has 84 valence electrons. The molecule has 0 radical (unpaired) electrons. The van der Waals surface area contributed by atoms with Gasteiger partial charge in [0.15, 0.2) is 0 Å². The maximum atomic E-state index is 6.02. The van der Waals surface area contributed by atoms with Gasteiger partial charge in [-0.2, -0.15) is 0 Å². The zero-order valence-corrected chi connectivity index (χ0v) is 9.17. The molecule has 3 nitrogen and oxygen atoms in total.